The van der Waals surface area contributed by atoms with Crippen molar-refractivity contribution in [2.24, 2.45) is 5.92 Å². The minimum atomic E-state index is 0.0492. The number of carbonyl (C=O) groups excluding carboxylic acids is 1. The number of rotatable bonds is 5. The molecule has 1 aliphatic heterocycles. The molecule has 0 atom stereocenters. The minimum absolute atomic E-state index is 0.0492. The van der Waals surface area contributed by atoms with Gasteiger partial charge < -0.3 is 5.32 Å². The van der Waals surface area contributed by atoms with E-state index >= 15 is 0 Å². The molecule has 0 radical (unpaired) electrons. The number of carbonyl (C=O) groups is 1. The van der Waals surface area contributed by atoms with Crippen LogP contribution in [0.2, 0.25) is 5.02 Å². The molecule has 1 fully saturated rings. The summed E-state index contributed by atoms with van der Waals surface area (Å²) in [6, 6.07) is 7.95. The normalized spacial score (nSPS) is 16.2. The van der Waals surface area contributed by atoms with Crippen molar-refractivity contribution in [3.63, 3.8) is 0 Å². The molecule has 1 aliphatic rings. The van der Waals surface area contributed by atoms with Gasteiger partial charge in [0.25, 0.3) is 0 Å². The molecule has 0 spiro atoms. The molecule has 1 N–H and O–H groups in total. The summed E-state index contributed by atoms with van der Waals surface area (Å²) in [6.07, 6.45) is 3.68. The van der Waals surface area contributed by atoms with Crippen LogP contribution in [0.4, 0.5) is 5.13 Å². The van der Waals surface area contributed by atoms with Gasteiger partial charge in [-0.3, -0.25) is 9.69 Å². The summed E-state index contributed by atoms with van der Waals surface area (Å²) in [6.45, 7) is 2.75. The Morgan fingerprint density at radius 2 is 2.04 bits per heavy atom. The van der Waals surface area contributed by atoms with Gasteiger partial charge in [-0.2, -0.15) is 0 Å². The molecular formula is C16H19ClN4OS2. The lowest BCUT2D eigenvalue weighted by Gasteiger charge is -2.31. The molecule has 0 saturated carbocycles. The molecular weight excluding hydrogens is 364 g/mol. The van der Waals surface area contributed by atoms with Gasteiger partial charge in [0.2, 0.25) is 11.0 Å². The predicted octanol–water partition coefficient (Wildman–Crippen LogP) is 3.76. The Morgan fingerprint density at radius 1 is 1.33 bits per heavy atom. The van der Waals surface area contributed by atoms with E-state index in [9.17, 15) is 4.79 Å². The van der Waals surface area contributed by atoms with E-state index in [0.717, 1.165) is 41.8 Å². The fourth-order valence-electron chi connectivity index (χ4n) is 2.75. The second kappa shape index (κ2) is 8.29. The first-order valence-corrected chi connectivity index (χ1v) is 10.2. The van der Waals surface area contributed by atoms with E-state index in [0.29, 0.717) is 5.13 Å². The van der Waals surface area contributed by atoms with Crippen LogP contribution in [-0.2, 0) is 11.3 Å². The van der Waals surface area contributed by atoms with Crippen molar-refractivity contribution in [3.8, 4) is 0 Å². The molecule has 1 aromatic carbocycles. The van der Waals surface area contributed by atoms with Gasteiger partial charge in [0, 0.05) is 17.5 Å². The van der Waals surface area contributed by atoms with Gasteiger partial charge in [0.15, 0.2) is 4.34 Å². The zero-order valence-corrected chi connectivity index (χ0v) is 15.8. The Hall–Kier alpha value is -1.15. The Morgan fingerprint density at radius 3 is 2.67 bits per heavy atom. The predicted molar refractivity (Wildman–Crippen MR) is 99.8 cm³/mol. The first kappa shape index (κ1) is 17.7. The van der Waals surface area contributed by atoms with Crippen molar-refractivity contribution in [1.82, 2.24) is 15.1 Å². The zero-order valence-electron chi connectivity index (χ0n) is 13.4. The first-order chi connectivity index (χ1) is 11.6. The van der Waals surface area contributed by atoms with E-state index in [1.807, 2.05) is 18.4 Å². The first-order valence-electron chi connectivity index (χ1n) is 7.79. The van der Waals surface area contributed by atoms with E-state index in [1.165, 1.54) is 28.7 Å². The third kappa shape index (κ3) is 4.69. The van der Waals surface area contributed by atoms with Crippen molar-refractivity contribution in [1.29, 1.82) is 0 Å². The number of halogens is 1. The van der Waals surface area contributed by atoms with Crippen molar-refractivity contribution < 1.29 is 4.79 Å². The van der Waals surface area contributed by atoms with Gasteiger partial charge >= 0.3 is 0 Å². The average molecular weight is 383 g/mol. The number of likely N-dealkylation sites (tertiary alicyclic amines) is 1. The monoisotopic (exact) mass is 382 g/mol. The summed E-state index contributed by atoms with van der Waals surface area (Å²) < 4.78 is 0.864. The molecule has 1 aromatic heterocycles. The van der Waals surface area contributed by atoms with Crippen LogP contribution in [0.5, 0.6) is 0 Å². The quantitative estimate of drug-likeness (QED) is 0.630. The number of anilines is 1. The van der Waals surface area contributed by atoms with Crippen molar-refractivity contribution in [2.45, 2.75) is 23.7 Å². The summed E-state index contributed by atoms with van der Waals surface area (Å²) in [7, 11) is 0. The summed E-state index contributed by atoms with van der Waals surface area (Å²) in [4.78, 5) is 14.7. The number of aromatic nitrogens is 2. The number of amides is 1. The summed E-state index contributed by atoms with van der Waals surface area (Å²) in [5.41, 5.74) is 1.25. The number of nitrogens with zero attached hydrogens (tertiary/aromatic N) is 3. The highest BCUT2D eigenvalue weighted by Crippen LogP contribution is 2.25. The smallest absolute Gasteiger partial charge is 0.229 e. The molecule has 0 aliphatic carbocycles. The number of piperidine rings is 1. The highest BCUT2D eigenvalue weighted by molar-refractivity contribution is 8.00. The molecule has 2 heterocycles. The van der Waals surface area contributed by atoms with Gasteiger partial charge in [-0.05, 0) is 49.9 Å². The summed E-state index contributed by atoms with van der Waals surface area (Å²) >= 11 is 8.87. The Kier molecular flexibility index (Phi) is 6.10. The van der Waals surface area contributed by atoms with Gasteiger partial charge in [-0.25, -0.2) is 0 Å². The number of hydrogen-bond donors (Lipinski definition) is 1. The van der Waals surface area contributed by atoms with Gasteiger partial charge in [-0.15, -0.1) is 10.2 Å². The van der Waals surface area contributed by atoms with Crippen LogP contribution in [0.15, 0.2) is 28.6 Å². The SMILES string of the molecule is CSc1nnc(NC(=O)C2CCN(Cc3ccc(Cl)cc3)CC2)s1. The molecule has 2 aromatic rings. The molecule has 1 saturated heterocycles. The maximum absolute atomic E-state index is 12.4. The highest BCUT2D eigenvalue weighted by Gasteiger charge is 2.25. The van der Waals surface area contributed by atoms with Gasteiger partial charge in [0.1, 0.15) is 0 Å². The summed E-state index contributed by atoms with van der Waals surface area (Å²) in [5, 5.41) is 12.2. The van der Waals surface area contributed by atoms with Crippen LogP contribution in [0.3, 0.4) is 0 Å². The van der Waals surface area contributed by atoms with E-state index in [2.05, 4.69) is 32.5 Å². The van der Waals surface area contributed by atoms with Crippen molar-refractivity contribution in [2.75, 3.05) is 24.7 Å². The summed E-state index contributed by atoms with van der Waals surface area (Å²) in [5.74, 6) is 0.109. The second-order valence-corrected chi connectivity index (χ2v) is 8.21. The van der Waals surface area contributed by atoms with Crippen LogP contribution in [0.1, 0.15) is 18.4 Å². The number of nitrogens with one attached hydrogen (secondary N) is 1. The fraction of sp³-hybridized carbons (Fsp3) is 0.438. The van der Waals surface area contributed by atoms with Crippen molar-refractivity contribution in [3.05, 3.63) is 34.9 Å². The number of thioether (sulfide) groups is 1. The topological polar surface area (TPSA) is 58.1 Å². The molecule has 24 heavy (non-hydrogen) atoms. The molecule has 5 nitrogen and oxygen atoms in total. The highest BCUT2D eigenvalue weighted by atomic mass is 35.5. The van der Waals surface area contributed by atoms with E-state index in [-0.39, 0.29) is 11.8 Å². The van der Waals surface area contributed by atoms with E-state index in [4.69, 9.17) is 11.6 Å². The van der Waals surface area contributed by atoms with Crippen LogP contribution < -0.4 is 5.32 Å². The van der Waals surface area contributed by atoms with E-state index < -0.39 is 0 Å². The second-order valence-electron chi connectivity index (χ2n) is 5.74. The van der Waals surface area contributed by atoms with Crippen LogP contribution in [0, 0.1) is 5.92 Å². The molecule has 0 unspecified atom stereocenters. The third-order valence-electron chi connectivity index (χ3n) is 4.09. The van der Waals surface area contributed by atoms with Crippen LogP contribution >= 0.6 is 34.7 Å². The molecule has 3 rings (SSSR count). The standard InChI is InChI=1S/C16H19ClN4OS2/c1-23-16-20-19-15(24-16)18-14(22)12-6-8-21(9-7-12)10-11-2-4-13(17)5-3-11/h2-5,12H,6-10H2,1H3,(H,18,19,22). The zero-order chi connectivity index (χ0) is 16.9. The lowest BCUT2D eigenvalue weighted by atomic mass is 9.95. The van der Waals surface area contributed by atoms with Crippen LogP contribution in [-0.4, -0.2) is 40.3 Å². The van der Waals surface area contributed by atoms with Crippen LogP contribution in [0.25, 0.3) is 0 Å². The maximum atomic E-state index is 12.4. The third-order valence-corrected chi connectivity index (χ3v) is 6.16. The largest absolute Gasteiger partial charge is 0.300 e. The number of hydrogen-bond acceptors (Lipinski definition) is 6. The lowest BCUT2D eigenvalue weighted by Crippen LogP contribution is -2.37. The Bertz CT molecular complexity index is 684. The van der Waals surface area contributed by atoms with E-state index in [1.54, 1.807) is 0 Å². The molecule has 128 valence electrons. The van der Waals surface area contributed by atoms with Crippen molar-refractivity contribution >= 4 is 45.7 Å². The maximum Gasteiger partial charge on any atom is 0.229 e. The lowest BCUT2D eigenvalue weighted by molar-refractivity contribution is -0.121. The average Bonchev–Trinajstić information content (AvgIpc) is 3.05. The van der Waals surface area contributed by atoms with Gasteiger partial charge in [-0.1, -0.05) is 46.8 Å². The minimum Gasteiger partial charge on any atom is -0.300 e. The Labute approximate surface area is 154 Å². The van der Waals surface area contributed by atoms with Gasteiger partial charge in [0.05, 0.1) is 0 Å². The fourth-order valence-corrected chi connectivity index (χ4v) is 4.05. The number of benzene rings is 1. The molecule has 1 amide bonds. The Balaban J connectivity index is 1.47. The molecule has 0 bridgehead atoms. The molecule has 8 heteroatoms.